The number of rotatable bonds is 6. The number of benzene rings is 2. The zero-order chi connectivity index (χ0) is 19.4. The number of carboxylic acid groups (broad SMARTS) is 1. The molecule has 0 aliphatic carbocycles. The number of anilines is 1. The Bertz CT molecular complexity index is 938. The number of hydrogen-bond acceptors (Lipinski definition) is 6. The van der Waals surface area contributed by atoms with Gasteiger partial charge in [0.1, 0.15) is 11.3 Å². The number of Topliss-reactive ketones (excluding diaryl/α,β-unsaturated/α-hetero) is 1. The van der Waals surface area contributed by atoms with E-state index in [1.165, 1.54) is 18.2 Å². The molecule has 0 aromatic heterocycles. The number of ether oxygens (including phenoxy) is 2. The number of alkyl halides is 2. The highest BCUT2D eigenvalue weighted by atomic mass is 19.3. The zero-order valence-corrected chi connectivity index (χ0v) is 13.6. The number of para-hydroxylation sites is 2. The SMILES string of the molecule is O=C([O-])C1=C(Nc2ccccc2)O/C(=C\c2ccccc2OC(F)F)C1=O. The van der Waals surface area contributed by atoms with Gasteiger partial charge in [0.25, 0.3) is 0 Å². The van der Waals surface area contributed by atoms with Crippen molar-refractivity contribution in [3.8, 4) is 5.75 Å². The van der Waals surface area contributed by atoms with E-state index in [4.69, 9.17) is 4.74 Å². The fourth-order valence-electron chi connectivity index (χ4n) is 2.40. The van der Waals surface area contributed by atoms with Crippen LogP contribution in [0.15, 0.2) is 71.8 Å². The number of nitrogens with one attached hydrogen (secondary N) is 1. The van der Waals surface area contributed by atoms with Crippen LogP contribution in [0.5, 0.6) is 5.75 Å². The van der Waals surface area contributed by atoms with Crippen LogP contribution in [0.2, 0.25) is 0 Å². The molecule has 2 aromatic rings. The molecule has 0 spiro atoms. The highest BCUT2D eigenvalue weighted by molar-refractivity contribution is 6.25. The van der Waals surface area contributed by atoms with E-state index in [0.717, 1.165) is 6.08 Å². The lowest BCUT2D eigenvalue weighted by Crippen LogP contribution is -2.28. The summed E-state index contributed by atoms with van der Waals surface area (Å²) in [7, 11) is 0. The minimum Gasteiger partial charge on any atom is -0.544 e. The second-order valence-corrected chi connectivity index (χ2v) is 5.34. The molecule has 3 rings (SSSR count). The first kappa shape index (κ1) is 18.1. The van der Waals surface area contributed by atoms with Gasteiger partial charge in [-0.25, -0.2) is 0 Å². The molecule has 0 saturated carbocycles. The average molecular weight is 372 g/mol. The Morgan fingerprint density at radius 1 is 1.11 bits per heavy atom. The van der Waals surface area contributed by atoms with Gasteiger partial charge in [-0.3, -0.25) is 4.79 Å². The number of carboxylic acids is 1. The number of allylic oxidation sites excluding steroid dienone is 1. The van der Waals surface area contributed by atoms with Crippen LogP contribution in [-0.2, 0) is 14.3 Å². The van der Waals surface area contributed by atoms with E-state index in [9.17, 15) is 23.5 Å². The lowest BCUT2D eigenvalue weighted by molar-refractivity contribution is -0.298. The molecule has 27 heavy (non-hydrogen) atoms. The van der Waals surface area contributed by atoms with Gasteiger partial charge in [0, 0.05) is 11.3 Å². The highest BCUT2D eigenvalue weighted by Gasteiger charge is 2.32. The van der Waals surface area contributed by atoms with Gasteiger partial charge >= 0.3 is 6.61 Å². The second kappa shape index (κ2) is 7.69. The predicted octanol–water partition coefficient (Wildman–Crippen LogP) is 2.30. The molecule has 1 N–H and O–H groups in total. The fourth-order valence-corrected chi connectivity index (χ4v) is 2.40. The Balaban J connectivity index is 1.93. The third kappa shape index (κ3) is 4.12. The molecule has 8 heteroatoms. The fraction of sp³-hybridized carbons (Fsp3) is 0.0526. The van der Waals surface area contributed by atoms with Crippen LogP contribution in [0.3, 0.4) is 0 Å². The molecule has 1 aliphatic heterocycles. The number of carbonyl (C=O) groups excluding carboxylic acids is 2. The summed E-state index contributed by atoms with van der Waals surface area (Å²) in [4.78, 5) is 23.7. The first-order chi connectivity index (χ1) is 13.0. The van der Waals surface area contributed by atoms with Crippen LogP contribution in [0.25, 0.3) is 6.08 Å². The molecular weight excluding hydrogens is 360 g/mol. The molecule has 2 aromatic carbocycles. The maximum Gasteiger partial charge on any atom is 0.387 e. The average Bonchev–Trinajstić information content (AvgIpc) is 2.92. The number of aliphatic carboxylic acids is 1. The van der Waals surface area contributed by atoms with Gasteiger partial charge in [0.15, 0.2) is 5.76 Å². The summed E-state index contributed by atoms with van der Waals surface area (Å²) in [6.07, 6.45) is 1.13. The molecule has 0 saturated heterocycles. The Hall–Kier alpha value is -3.68. The first-order valence-electron chi connectivity index (χ1n) is 7.71. The maximum absolute atomic E-state index is 12.5. The maximum atomic E-state index is 12.5. The Morgan fingerprint density at radius 3 is 2.44 bits per heavy atom. The van der Waals surface area contributed by atoms with Gasteiger partial charge in [-0.05, 0) is 24.3 Å². The molecule has 138 valence electrons. The smallest absolute Gasteiger partial charge is 0.387 e. The van der Waals surface area contributed by atoms with E-state index < -0.39 is 23.9 Å². The van der Waals surface area contributed by atoms with E-state index in [-0.39, 0.29) is 23.0 Å². The molecule has 1 heterocycles. The van der Waals surface area contributed by atoms with Crippen molar-refractivity contribution in [2.24, 2.45) is 0 Å². The molecular formula is C19H12F2NO5-. The van der Waals surface area contributed by atoms with Crippen LogP contribution < -0.4 is 15.2 Å². The van der Waals surface area contributed by atoms with Gasteiger partial charge < -0.3 is 24.7 Å². The minimum absolute atomic E-state index is 0.125. The molecule has 0 unspecified atom stereocenters. The number of carbonyl (C=O) groups is 2. The number of halogens is 2. The zero-order valence-electron chi connectivity index (χ0n) is 13.6. The number of hydrogen-bond donors (Lipinski definition) is 1. The van der Waals surface area contributed by atoms with E-state index in [1.807, 2.05) is 0 Å². The molecule has 0 bridgehead atoms. The van der Waals surface area contributed by atoms with Gasteiger partial charge in [-0.1, -0.05) is 36.4 Å². The van der Waals surface area contributed by atoms with Crippen molar-refractivity contribution in [1.82, 2.24) is 0 Å². The van der Waals surface area contributed by atoms with Crippen LogP contribution in [0.4, 0.5) is 14.5 Å². The van der Waals surface area contributed by atoms with Crippen molar-refractivity contribution < 1.29 is 33.0 Å². The third-order valence-corrected chi connectivity index (χ3v) is 3.55. The molecule has 0 fully saturated rings. The van der Waals surface area contributed by atoms with E-state index >= 15 is 0 Å². The van der Waals surface area contributed by atoms with Crippen LogP contribution in [-0.4, -0.2) is 18.4 Å². The number of ketones is 1. The van der Waals surface area contributed by atoms with Crippen LogP contribution >= 0.6 is 0 Å². The summed E-state index contributed by atoms with van der Waals surface area (Å²) in [6, 6.07) is 14.2. The lowest BCUT2D eigenvalue weighted by atomic mass is 10.1. The highest BCUT2D eigenvalue weighted by Crippen LogP contribution is 2.30. The summed E-state index contributed by atoms with van der Waals surface area (Å²) >= 11 is 0. The van der Waals surface area contributed by atoms with Crippen molar-refractivity contribution >= 4 is 23.5 Å². The minimum atomic E-state index is -3.06. The van der Waals surface area contributed by atoms with Gasteiger partial charge in [-0.15, -0.1) is 0 Å². The Kier molecular flexibility index (Phi) is 5.16. The standard InChI is InChI=1S/C19H13F2NO5/c20-19(21)27-13-9-5-4-6-11(13)10-14-16(23)15(18(24)25)17(26-14)22-12-7-2-1-3-8-12/h1-10,19,22H,(H,24,25)/p-1/b14-10-. The van der Waals surface area contributed by atoms with Gasteiger partial charge in [-0.2, -0.15) is 8.78 Å². The Morgan fingerprint density at radius 2 is 1.78 bits per heavy atom. The van der Waals surface area contributed by atoms with E-state index in [2.05, 4.69) is 10.1 Å². The molecule has 0 atom stereocenters. The van der Waals surface area contributed by atoms with Crippen molar-refractivity contribution in [3.05, 3.63) is 77.4 Å². The topological polar surface area (TPSA) is 87.7 Å². The molecule has 6 nitrogen and oxygen atoms in total. The molecule has 0 amide bonds. The van der Waals surface area contributed by atoms with Gasteiger partial charge in [0.05, 0.1) is 5.97 Å². The van der Waals surface area contributed by atoms with Crippen LogP contribution in [0, 0.1) is 0 Å². The second-order valence-electron chi connectivity index (χ2n) is 5.34. The Labute approximate surface area is 152 Å². The van der Waals surface area contributed by atoms with Gasteiger partial charge in [0.2, 0.25) is 11.7 Å². The summed E-state index contributed by atoms with van der Waals surface area (Å²) in [5, 5.41) is 14.1. The van der Waals surface area contributed by atoms with E-state index in [1.54, 1.807) is 36.4 Å². The van der Waals surface area contributed by atoms with E-state index in [0.29, 0.717) is 5.69 Å². The summed E-state index contributed by atoms with van der Waals surface area (Å²) < 4.78 is 34.8. The monoisotopic (exact) mass is 372 g/mol. The molecule has 0 radical (unpaired) electrons. The molecule has 1 aliphatic rings. The van der Waals surface area contributed by atoms with Crippen molar-refractivity contribution in [2.75, 3.05) is 5.32 Å². The van der Waals surface area contributed by atoms with Crippen molar-refractivity contribution in [2.45, 2.75) is 6.61 Å². The van der Waals surface area contributed by atoms with Crippen LogP contribution in [0.1, 0.15) is 5.56 Å². The summed E-state index contributed by atoms with van der Waals surface area (Å²) in [5.74, 6) is -3.53. The summed E-state index contributed by atoms with van der Waals surface area (Å²) in [6.45, 7) is -3.06. The van der Waals surface area contributed by atoms with Crippen molar-refractivity contribution in [1.29, 1.82) is 0 Å². The summed E-state index contributed by atoms with van der Waals surface area (Å²) in [5.41, 5.74) is -0.0843. The predicted molar refractivity (Wildman–Crippen MR) is 89.2 cm³/mol. The third-order valence-electron chi connectivity index (χ3n) is 3.55. The quantitative estimate of drug-likeness (QED) is 0.618. The normalized spacial score (nSPS) is 15.2. The first-order valence-corrected chi connectivity index (χ1v) is 7.71. The van der Waals surface area contributed by atoms with Crippen molar-refractivity contribution in [3.63, 3.8) is 0 Å². The largest absolute Gasteiger partial charge is 0.544 e. The lowest BCUT2D eigenvalue weighted by Gasteiger charge is -2.10.